The van der Waals surface area contributed by atoms with E-state index in [9.17, 15) is 17.6 Å². The molecule has 0 aliphatic carbocycles. The monoisotopic (exact) mass is 301 g/mol. The number of aryl methyl sites for hydroxylation is 1. The van der Waals surface area contributed by atoms with Crippen LogP contribution >= 0.6 is 0 Å². The smallest absolute Gasteiger partial charge is 0.338 e. The van der Waals surface area contributed by atoms with Gasteiger partial charge in [-0.2, -0.15) is 13.2 Å². The number of hydrogen-bond acceptors (Lipinski definition) is 2. The molecule has 0 saturated carbocycles. The number of benzene rings is 1. The lowest BCUT2D eigenvalue weighted by molar-refractivity contribution is -0.137. The first-order valence-corrected chi connectivity index (χ1v) is 6.33. The maximum absolute atomic E-state index is 13.9. The van der Waals surface area contributed by atoms with Crippen LogP contribution in [0, 0.1) is 5.82 Å². The van der Waals surface area contributed by atoms with Crippen LogP contribution in [0.5, 0.6) is 0 Å². The van der Waals surface area contributed by atoms with Crippen LogP contribution in [0.15, 0.2) is 30.6 Å². The Balaban J connectivity index is 2.35. The minimum absolute atomic E-state index is 0.0182. The van der Waals surface area contributed by atoms with Crippen molar-refractivity contribution in [2.45, 2.75) is 18.6 Å². The van der Waals surface area contributed by atoms with Crippen molar-refractivity contribution in [1.82, 2.24) is 14.9 Å². The molecule has 0 aliphatic heterocycles. The zero-order valence-electron chi connectivity index (χ0n) is 11.6. The molecule has 1 aromatic carbocycles. The number of nitrogens with zero attached hydrogens (tertiary/aromatic N) is 2. The number of aromatic nitrogens is 2. The van der Waals surface area contributed by atoms with Gasteiger partial charge in [0.05, 0.1) is 5.56 Å². The standard InChI is InChI=1S/C14H15F4N3/c1-19-12(8-13-20-5-6-21(13)2)10-7-9(14(16,17)18)3-4-11(10)15/h3-7,12,19H,8H2,1-2H3. The molecule has 1 unspecified atom stereocenters. The molecule has 0 fully saturated rings. The van der Waals surface area contributed by atoms with Gasteiger partial charge < -0.3 is 9.88 Å². The van der Waals surface area contributed by atoms with E-state index >= 15 is 0 Å². The maximum atomic E-state index is 13.9. The van der Waals surface area contributed by atoms with E-state index < -0.39 is 23.6 Å². The third-order valence-electron chi connectivity index (χ3n) is 3.35. The van der Waals surface area contributed by atoms with E-state index in [0.29, 0.717) is 5.82 Å². The molecule has 7 heteroatoms. The van der Waals surface area contributed by atoms with Crippen molar-refractivity contribution in [1.29, 1.82) is 0 Å². The second-order valence-electron chi connectivity index (χ2n) is 4.73. The summed E-state index contributed by atoms with van der Waals surface area (Å²) in [6.45, 7) is 0. The fourth-order valence-corrected chi connectivity index (χ4v) is 2.13. The largest absolute Gasteiger partial charge is 0.416 e. The molecule has 0 saturated heterocycles. The number of nitrogens with one attached hydrogen (secondary N) is 1. The maximum Gasteiger partial charge on any atom is 0.416 e. The normalized spacial score (nSPS) is 13.4. The highest BCUT2D eigenvalue weighted by molar-refractivity contribution is 5.30. The molecule has 3 nitrogen and oxygen atoms in total. The van der Waals surface area contributed by atoms with Gasteiger partial charge in [-0.3, -0.25) is 0 Å². The van der Waals surface area contributed by atoms with Crippen LogP contribution < -0.4 is 5.32 Å². The quantitative estimate of drug-likeness (QED) is 0.880. The first-order valence-electron chi connectivity index (χ1n) is 6.33. The molecule has 0 aliphatic rings. The van der Waals surface area contributed by atoms with Crippen LogP contribution in [0.1, 0.15) is 23.0 Å². The van der Waals surface area contributed by atoms with E-state index in [1.807, 2.05) is 0 Å². The zero-order valence-corrected chi connectivity index (χ0v) is 11.6. The fraction of sp³-hybridized carbons (Fsp3) is 0.357. The second kappa shape index (κ2) is 5.85. The Labute approximate surface area is 119 Å². The lowest BCUT2D eigenvalue weighted by Crippen LogP contribution is -2.22. The van der Waals surface area contributed by atoms with Crippen LogP contribution in [0.4, 0.5) is 17.6 Å². The third-order valence-corrected chi connectivity index (χ3v) is 3.35. The van der Waals surface area contributed by atoms with Gasteiger partial charge in [-0.05, 0) is 25.2 Å². The average Bonchev–Trinajstić information content (AvgIpc) is 2.81. The summed E-state index contributed by atoms with van der Waals surface area (Å²) in [6, 6.07) is 1.85. The van der Waals surface area contributed by atoms with Gasteiger partial charge in [0.25, 0.3) is 0 Å². The minimum atomic E-state index is -4.50. The van der Waals surface area contributed by atoms with Crippen molar-refractivity contribution >= 4 is 0 Å². The Morgan fingerprint density at radius 2 is 2.05 bits per heavy atom. The predicted octanol–water partition coefficient (Wildman–Crippen LogP) is 3.08. The van der Waals surface area contributed by atoms with E-state index in [-0.39, 0.29) is 12.0 Å². The Hall–Kier alpha value is -1.89. The van der Waals surface area contributed by atoms with Gasteiger partial charge in [0.15, 0.2) is 0 Å². The third kappa shape index (κ3) is 3.41. The summed E-state index contributed by atoms with van der Waals surface area (Å²) in [5, 5.41) is 2.84. The number of imidazole rings is 1. The van der Waals surface area contributed by atoms with E-state index in [0.717, 1.165) is 18.2 Å². The molecule has 0 amide bonds. The van der Waals surface area contributed by atoms with Crippen molar-refractivity contribution < 1.29 is 17.6 Å². The van der Waals surface area contributed by atoms with Gasteiger partial charge in [-0.1, -0.05) is 0 Å². The SMILES string of the molecule is CNC(Cc1nccn1C)c1cc(C(F)(F)F)ccc1F. The summed E-state index contributed by atoms with van der Waals surface area (Å²) < 4.78 is 53.9. The van der Waals surface area contributed by atoms with Crippen LogP contribution in [-0.4, -0.2) is 16.6 Å². The van der Waals surface area contributed by atoms with Crippen molar-refractivity contribution in [2.75, 3.05) is 7.05 Å². The Kier molecular flexibility index (Phi) is 4.32. The summed E-state index contributed by atoms with van der Waals surface area (Å²) in [6.07, 6.45) is -0.892. The number of alkyl halides is 3. The molecule has 2 aromatic rings. The van der Waals surface area contributed by atoms with Gasteiger partial charge in [0, 0.05) is 37.5 Å². The molecule has 1 N–H and O–H groups in total. The molecule has 1 atom stereocenters. The van der Waals surface area contributed by atoms with E-state index in [1.54, 1.807) is 31.1 Å². The molecule has 0 bridgehead atoms. The highest BCUT2D eigenvalue weighted by Gasteiger charge is 2.32. The van der Waals surface area contributed by atoms with Crippen LogP contribution in [-0.2, 0) is 19.6 Å². The number of halogens is 4. The minimum Gasteiger partial charge on any atom is -0.338 e. The molecule has 1 heterocycles. The molecule has 0 radical (unpaired) electrons. The van der Waals surface area contributed by atoms with E-state index in [2.05, 4.69) is 10.3 Å². The lowest BCUT2D eigenvalue weighted by atomic mass is 10.00. The molecular formula is C14H15F4N3. The van der Waals surface area contributed by atoms with E-state index in [4.69, 9.17) is 0 Å². The van der Waals surface area contributed by atoms with Gasteiger partial charge in [0.1, 0.15) is 11.6 Å². The summed E-state index contributed by atoms with van der Waals surface area (Å²) in [5.41, 5.74) is -0.880. The van der Waals surface area contributed by atoms with Crippen molar-refractivity contribution in [3.05, 3.63) is 53.4 Å². The molecule has 1 aromatic heterocycles. The average molecular weight is 301 g/mol. The van der Waals surface area contributed by atoms with Crippen LogP contribution in [0.2, 0.25) is 0 Å². The first kappa shape index (κ1) is 15.5. The van der Waals surface area contributed by atoms with Gasteiger partial charge in [-0.25, -0.2) is 9.37 Å². The predicted molar refractivity (Wildman–Crippen MR) is 70.1 cm³/mol. The van der Waals surface area contributed by atoms with Crippen molar-refractivity contribution in [3.8, 4) is 0 Å². The zero-order chi connectivity index (χ0) is 15.6. The molecule has 0 spiro atoms. The topological polar surface area (TPSA) is 29.9 Å². The van der Waals surface area contributed by atoms with Crippen molar-refractivity contribution in [3.63, 3.8) is 0 Å². The molecule has 114 valence electrons. The second-order valence-corrected chi connectivity index (χ2v) is 4.73. The van der Waals surface area contributed by atoms with Crippen molar-refractivity contribution in [2.24, 2.45) is 7.05 Å². The Bertz CT molecular complexity index is 619. The number of likely N-dealkylation sites (N-methyl/N-ethyl adjacent to an activating group) is 1. The first-order chi connectivity index (χ1) is 9.82. The van der Waals surface area contributed by atoms with Crippen LogP contribution in [0.3, 0.4) is 0 Å². The number of rotatable bonds is 4. The van der Waals surface area contributed by atoms with Crippen LogP contribution in [0.25, 0.3) is 0 Å². The Morgan fingerprint density at radius 3 is 2.57 bits per heavy atom. The summed E-state index contributed by atoms with van der Waals surface area (Å²) in [5.74, 6) is -0.0114. The van der Waals surface area contributed by atoms with E-state index in [1.165, 1.54) is 0 Å². The highest BCUT2D eigenvalue weighted by atomic mass is 19.4. The fourth-order valence-electron chi connectivity index (χ4n) is 2.13. The molecular weight excluding hydrogens is 286 g/mol. The van der Waals surface area contributed by atoms with Gasteiger partial charge in [-0.15, -0.1) is 0 Å². The summed E-state index contributed by atoms with van der Waals surface area (Å²) in [4.78, 5) is 4.11. The Morgan fingerprint density at radius 1 is 1.33 bits per heavy atom. The highest BCUT2D eigenvalue weighted by Crippen LogP contribution is 2.32. The number of hydrogen-bond donors (Lipinski definition) is 1. The van der Waals surface area contributed by atoms with Gasteiger partial charge in [0.2, 0.25) is 0 Å². The lowest BCUT2D eigenvalue weighted by Gasteiger charge is -2.19. The van der Waals surface area contributed by atoms with Gasteiger partial charge >= 0.3 is 6.18 Å². The molecule has 21 heavy (non-hydrogen) atoms. The molecule has 2 rings (SSSR count). The summed E-state index contributed by atoms with van der Waals surface area (Å²) >= 11 is 0. The summed E-state index contributed by atoms with van der Waals surface area (Å²) in [7, 11) is 3.35.